The van der Waals surface area contributed by atoms with E-state index in [0.29, 0.717) is 12.2 Å². The smallest absolute Gasteiger partial charge is 0.271 e. The minimum absolute atomic E-state index is 0.202. The zero-order valence-electron chi connectivity index (χ0n) is 12.5. The van der Waals surface area contributed by atoms with Crippen LogP contribution in [-0.4, -0.2) is 23.0 Å². The zero-order valence-corrected chi connectivity index (χ0v) is 13.3. The van der Waals surface area contributed by atoms with Crippen molar-refractivity contribution < 1.29 is 9.53 Å². The molecule has 0 atom stereocenters. The molecule has 0 aliphatic rings. The van der Waals surface area contributed by atoms with Gasteiger partial charge in [0.25, 0.3) is 5.91 Å². The lowest BCUT2D eigenvalue weighted by Crippen LogP contribution is -2.23. The summed E-state index contributed by atoms with van der Waals surface area (Å²) in [5, 5.41) is 5.38. The number of benzene rings is 1. The monoisotopic (exact) mass is 325 g/mol. The maximum atomic E-state index is 12.1. The van der Waals surface area contributed by atoms with Gasteiger partial charge in [-0.15, -0.1) is 11.3 Å². The third kappa shape index (κ3) is 3.73. The van der Waals surface area contributed by atoms with E-state index in [9.17, 15) is 4.79 Å². The van der Waals surface area contributed by atoms with E-state index in [1.54, 1.807) is 18.7 Å². The molecule has 0 radical (unpaired) electrons. The van der Waals surface area contributed by atoms with Gasteiger partial charge in [0.05, 0.1) is 19.3 Å². The molecule has 0 spiro atoms. The highest BCUT2D eigenvalue weighted by molar-refractivity contribution is 7.13. The topological polar surface area (TPSA) is 64.1 Å². The van der Waals surface area contributed by atoms with Crippen molar-refractivity contribution in [2.24, 2.45) is 0 Å². The quantitative estimate of drug-likeness (QED) is 0.783. The van der Waals surface area contributed by atoms with Crippen molar-refractivity contribution in [1.82, 2.24) is 15.3 Å². The average molecular weight is 325 g/mol. The maximum absolute atomic E-state index is 12.1. The van der Waals surface area contributed by atoms with Crippen LogP contribution >= 0.6 is 11.3 Å². The lowest BCUT2D eigenvalue weighted by atomic mass is 10.2. The molecule has 23 heavy (non-hydrogen) atoms. The second-order valence-corrected chi connectivity index (χ2v) is 5.63. The van der Waals surface area contributed by atoms with Gasteiger partial charge in [0.2, 0.25) is 0 Å². The minimum Gasteiger partial charge on any atom is -0.497 e. The lowest BCUT2D eigenvalue weighted by Gasteiger charge is -2.02. The molecule has 6 heteroatoms. The first-order chi connectivity index (χ1) is 11.3. The van der Waals surface area contributed by atoms with Crippen molar-refractivity contribution in [2.75, 3.05) is 7.11 Å². The summed E-state index contributed by atoms with van der Waals surface area (Å²) in [4.78, 5) is 20.7. The van der Waals surface area contributed by atoms with Crippen molar-refractivity contribution in [3.05, 3.63) is 65.4 Å². The Morgan fingerprint density at radius 3 is 2.74 bits per heavy atom. The molecular weight excluding hydrogens is 310 g/mol. The van der Waals surface area contributed by atoms with Gasteiger partial charge in [0.15, 0.2) is 0 Å². The predicted molar refractivity (Wildman–Crippen MR) is 89.5 cm³/mol. The van der Waals surface area contributed by atoms with E-state index in [-0.39, 0.29) is 5.91 Å². The van der Waals surface area contributed by atoms with Gasteiger partial charge in [-0.1, -0.05) is 6.07 Å². The number of nitrogens with one attached hydrogen (secondary N) is 1. The Kier molecular flexibility index (Phi) is 4.63. The first-order valence-electron chi connectivity index (χ1n) is 7.04. The van der Waals surface area contributed by atoms with Gasteiger partial charge in [-0.2, -0.15) is 0 Å². The Balaban J connectivity index is 1.67. The number of carbonyl (C=O) groups is 1. The highest BCUT2D eigenvalue weighted by atomic mass is 32.1. The number of methoxy groups -OCH3 is 1. The molecular formula is C17H15N3O2S. The van der Waals surface area contributed by atoms with Crippen molar-refractivity contribution in [3.63, 3.8) is 0 Å². The number of hydrogen-bond acceptors (Lipinski definition) is 5. The van der Waals surface area contributed by atoms with Gasteiger partial charge in [-0.3, -0.25) is 9.78 Å². The number of nitrogens with zero attached hydrogens (tertiary/aromatic N) is 2. The normalized spacial score (nSPS) is 10.3. The van der Waals surface area contributed by atoms with E-state index in [0.717, 1.165) is 22.0 Å². The average Bonchev–Trinajstić information content (AvgIpc) is 3.11. The zero-order chi connectivity index (χ0) is 16.1. The van der Waals surface area contributed by atoms with Crippen molar-refractivity contribution in [1.29, 1.82) is 0 Å². The fourth-order valence-electron chi connectivity index (χ4n) is 2.01. The van der Waals surface area contributed by atoms with Gasteiger partial charge in [0, 0.05) is 17.1 Å². The summed E-state index contributed by atoms with van der Waals surface area (Å²) in [6.07, 6.45) is 1.70. The van der Waals surface area contributed by atoms with Gasteiger partial charge < -0.3 is 10.1 Å². The number of rotatable bonds is 5. The van der Waals surface area contributed by atoms with E-state index in [4.69, 9.17) is 4.74 Å². The van der Waals surface area contributed by atoms with E-state index in [1.165, 1.54) is 11.3 Å². The largest absolute Gasteiger partial charge is 0.497 e. The van der Waals surface area contributed by atoms with Gasteiger partial charge in [0.1, 0.15) is 16.5 Å². The number of ether oxygens (including phenoxy) is 1. The van der Waals surface area contributed by atoms with E-state index >= 15 is 0 Å². The number of pyridine rings is 1. The summed E-state index contributed by atoms with van der Waals surface area (Å²) in [5.41, 5.74) is 2.18. The number of carbonyl (C=O) groups excluding carboxylic acids is 1. The Morgan fingerprint density at radius 2 is 2.04 bits per heavy atom. The minimum atomic E-state index is -0.202. The molecule has 0 aliphatic carbocycles. The fourth-order valence-corrected chi connectivity index (χ4v) is 2.81. The summed E-state index contributed by atoms with van der Waals surface area (Å²) in [6, 6.07) is 13.2. The number of amides is 1. The van der Waals surface area contributed by atoms with Crippen LogP contribution in [0.3, 0.4) is 0 Å². The number of aromatic nitrogens is 2. The number of hydrogen-bond donors (Lipinski definition) is 1. The maximum Gasteiger partial charge on any atom is 0.271 e. The molecule has 0 bridgehead atoms. The molecule has 2 aromatic heterocycles. The van der Waals surface area contributed by atoms with Crippen LogP contribution in [0.5, 0.6) is 5.75 Å². The summed E-state index contributed by atoms with van der Waals surface area (Å²) < 4.78 is 5.14. The highest BCUT2D eigenvalue weighted by Gasteiger charge is 2.11. The SMILES string of the molecule is COc1ccc(-c2nc(C(=O)NCc3ccccn3)cs2)cc1. The highest BCUT2D eigenvalue weighted by Crippen LogP contribution is 2.25. The fraction of sp³-hybridized carbons (Fsp3) is 0.118. The molecule has 116 valence electrons. The van der Waals surface area contributed by atoms with E-state index in [1.807, 2.05) is 42.5 Å². The Bertz CT molecular complexity index is 785. The second-order valence-electron chi connectivity index (χ2n) is 4.77. The molecule has 0 saturated carbocycles. The first kappa shape index (κ1) is 15.2. The van der Waals surface area contributed by atoms with Gasteiger partial charge >= 0.3 is 0 Å². The molecule has 1 aromatic carbocycles. The molecule has 0 unspecified atom stereocenters. The molecule has 2 heterocycles. The Morgan fingerprint density at radius 1 is 1.22 bits per heavy atom. The standard InChI is InChI=1S/C17H15N3O2S/c1-22-14-7-5-12(6-8-14)17-20-15(11-23-17)16(21)19-10-13-4-2-3-9-18-13/h2-9,11H,10H2,1H3,(H,19,21). The third-order valence-corrected chi connectivity index (χ3v) is 4.12. The molecule has 3 aromatic rings. The number of thiazole rings is 1. The van der Waals surface area contributed by atoms with Crippen LogP contribution in [0.4, 0.5) is 0 Å². The predicted octanol–water partition coefficient (Wildman–Crippen LogP) is 3.14. The van der Waals surface area contributed by atoms with Crippen LogP contribution in [0, 0.1) is 0 Å². The lowest BCUT2D eigenvalue weighted by molar-refractivity contribution is 0.0946. The van der Waals surface area contributed by atoms with Crippen LogP contribution in [0.1, 0.15) is 16.2 Å². The summed E-state index contributed by atoms with van der Waals surface area (Å²) in [6.45, 7) is 0.384. The van der Waals surface area contributed by atoms with Gasteiger partial charge in [-0.25, -0.2) is 4.98 Å². The van der Waals surface area contributed by atoms with Crippen molar-refractivity contribution in [2.45, 2.75) is 6.54 Å². The molecule has 3 rings (SSSR count). The third-order valence-electron chi connectivity index (χ3n) is 3.23. The van der Waals surface area contributed by atoms with Crippen LogP contribution < -0.4 is 10.1 Å². The van der Waals surface area contributed by atoms with Crippen LogP contribution in [0.15, 0.2) is 54.0 Å². The van der Waals surface area contributed by atoms with Crippen LogP contribution in [0.25, 0.3) is 10.6 Å². The van der Waals surface area contributed by atoms with Crippen LogP contribution in [0.2, 0.25) is 0 Å². The van der Waals surface area contributed by atoms with E-state index < -0.39 is 0 Å². The van der Waals surface area contributed by atoms with Crippen molar-refractivity contribution >= 4 is 17.2 Å². The molecule has 1 amide bonds. The Labute approximate surface area is 138 Å². The molecule has 0 fully saturated rings. The Hall–Kier alpha value is -2.73. The van der Waals surface area contributed by atoms with Crippen molar-refractivity contribution in [3.8, 4) is 16.3 Å². The molecule has 0 saturated heterocycles. The first-order valence-corrected chi connectivity index (χ1v) is 7.92. The molecule has 0 aliphatic heterocycles. The molecule has 5 nitrogen and oxygen atoms in total. The summed E-state index contributed by atoms with van der Waals surface area (Å²) >= 11 is 1.44. The van der Waals surface area contributed by atoms with E-state index in [2.05, 4.69) is 15.3 Å². The summed E-state index contributed by atoms with van der Waals surface area (Å²) in [7, 11) is 1.63. The second kappa shape index (κ2) is 7.02. The molecule has 1 N–H and O–H groups in total. The van der Waals surface area contributed by atoms with Gasteiger partial charge in [-0.05, 0) is 36.4 Å². The van der Waals surface area contributed by atoms with Crippen LogP contribution in [-0.2, 0) is 6.54 Å². The summed E-state index contributed by atoms with van der Waals surface area (Å²) in [5.74, 6) is 0.588.